The largest absolute Gasteiger partial charge is 0.494 e. The summed E-state index contributed by atoms with van der Waals surface area (Å²) >= 11 is 2.31. The topological polar surface area (TPSA) is 47.3 Å². The van der Waals surface area contributed by atoms with Crippen LogP contribution in [0.25, 0.3) is 0 Å². The lowest BCUT2D eigenvalue weighted by Crippen LogP contribution is -2.37. The Balaban J connectivity index is 1.81. The van der Waals surface area contributed by atoms with Gasteiger partial charge in [0.05, 0.1) is 6.61 Å². The standard InChI is InChI=1S/C17H21IN2O/c1-13-3-2-4-17(11-13)21-10-9-16(20-19)12-14-5-7-15(18)8-6-14/h2-8,11,16,20H,9-10,12,19H2,1H3. The molecule has 0 fully saturated rings. The van der Waals surface area contributed by atoms with E-state index in [0.717, 1.165) is 18.6 Å². The van der Waals surface area contributed by atoms with Gasteiger partial charge in [-0.25, -0.2) is 0 Å². The van der Waals surface area contributed by atoms with E-state index in [-0.39, 0.29) is 6.04 Å². The second kappa shape index (κ2) is 8.36. The summed E-state index contributed by atoms with van der Waals surface area (Å²) in [4.78, 5) is 0. The van der Waals surface area contributed by atoms with Crippen molar-refractivity contribution in [2.75, 3.05) is 6.61 Å². The van der Waals surface area contributed by atoms with Gasteiger partial charge in [-0.2, -0.15) is 0 Å². The highest BCUT2D eigenvalue weighted by Crippen LogP contribution is 2.14. The van der Waals surface area contributed by atoms with Gasteiger partial charge in [-0.3, -0.25) is 11.3 Å². The molecule has 0 aliphatic heterocycles. The van der Waals surface area contributed by atoms with Crippen LogP contribution in [0.2, 0.25) is 0 Å². The molecular formula is C17H21IN2O. The van der Waals surface area contributed by atoms with Gasteiger partial charge in [0.25, 0.3) is 0 Å². The smallest absolute Gasteiger partial charge is 0.119 e. The fourth-order valence-corrected chi connectivity index (χ4v) is 2.53. The maximum Gasteiger partial charge on any atom is 0.119 e. The van der Waals surface area contributed by atoms with E-state index >= 15 is 0 Å². The zero-order chi connectivity index (χ0) is 15.1. The van der Waals surface area contributed by atoms with E-state index in [1.165, 1.54) is 14.7 Å². The molecule has 0 aromatic heterocycles. The number of benzene rings is 2. The number of nitrogens with one attached hydrogen (secondary N) is 1. The molecule has 0 aliphatic rings. The van der Waals surface area contributed by atoms with Crippen LogP contribution < -0.4 is 16.0 Å². The number of nitrogens with two attached hydrogens (primary N) is 1. The molecule has 2 aromatic rings. The van der Waals surface area contributed by atoms with E-state index in [9.17, 15) is 0 Å². The van der Waals surface area contributed by atoms with Crippen LogP contribution in [0, 0.1) is 10.5 Å². The predicted molar refractivity (Wildman–Crippen MR) is 95.3 cm³/mol. The molecule has 0 bridgehead atoms. The van der Waals surface area contributed by atoms with Gasteiger partial charge in [0.15, 0.2) is 0 Å². The van der Waals surface area contributed by atoms with E-state index in [2.05, 4.69) is 65.3 Å². The van der Waals surface area contributed by atoms with Crippen molar-refractivity contribution in [3.63, 3.8) is 0 Å². The van der Waals surface area contributed by atoms with Crippen LogP contribution in [0.5, 0.6) is 5.75 Å². The molecule has 2 aromatic carbocycles. The Labute approximate surface area is 140 Å². The number of hydrogen-bond acceptors (Lipinski definition) is 3. The van der Waals surface area contributed by atoms with Gasteiger partial charge in [-0.15, -0.1) is 0 Å². The summed E-state index contributed by atoms with van der Waals surface area (Å²) < 4.78 is 7.03. The third-order valence-corrected chi connectivity index (χ3v) is 4.07. The summed E-state index contributed by atoms with van der Waals surface area (Å²) in [5.41, 5.74) is 5.38. The Bertz CT molecular complexity index is 557. The third-order valence-electron chi connectivity index (χ3n) is 3.36. The molecule has 4 heteroatoms. The van der Waals surface area contributed by atoms with Crippen LogP contribution in [0.1, 0.15) is 17.5 Å². The molecule has 0 amide bonds. The summed E-state index contributed by atoms with van der Waals surface area (Å²) in [6.45, 7) is 2.72. The lowest BCUT2D eigenvalue weighted by molar-refractivity contribution is 0.285. The lowest BCUT2D eigenvalue weighted by Gasteiger charge is -2.16. The minimum atomic E-state index is 0.217. The fourth-order valence-electron chi connectivity index (χ4n) is 2.17. The molecule has 0 saturated heterocycles. The quantitative estimate of drug-likeness (QED) is 0.428. The normalized spacial score (nSPS) is 12.1. The maximum absolute atomic E-state index is 5.78. The Morgan fingerprint density at radius 2 is 1.95 bits per heavy atom. The van der Waals surface area contributed by atoms with Crippen molar-refractivity contribution in [1.29, 1.82) is 0 Å². The van der Waals surface area contributed by atoms with Crippen LogP contribution in [0.4, 0.5) is 0 Å². The summed E-state index contributed by atoms with van der Waals surface area (Å²) in [5.74, 6) is 6.56. The predicted octanol–water partition coefficient (Wildman–Crippen LogP) is 3.44. The number of rotatable bonds is 7. The molecule has 21 heavy (non-hydrogen) atoms. The molecule has 1 atom stereocenters. The monoisotopic (exact) mass is 396 g/mol. The zero-order valence-corrected chi connectivity index (χ0v) is 14.3. The van der Waals surface area contributed by atoms with Crippen molar-refractivity contribution in [3.05, 3.63) is 63.2 Å². The first kappa shape index (κ1) is 16.3. The lowest BCUT2D eigenvalue weighted by atomic mass is 10.0. The van der Waals surface area contributed by atoms with Gasteiger partial charge in [-0.1, -0.05) is 24.3 Å². The summed E-state index contributed by atoms with van der Waals surface area (Å²) in [6.07, 6.45) is 1.78. The molecule has 0 spiro atoms. The van der Waals surface area contributed by atoms with E-state index in [4.69, 9.17) is 10.6 Å². The first-order valence-corrected chi connectivity index (χ1v) is 8.15. The van der Waals surface area contributed by atoms with Crippen molar-refractivity contribution in [2.45, 2.75) is 25.8 Å². The number of hydrogen-bond donors (Lipinski definition) is 2. The molecule has 2 rings (SSSR count). The Morgan fingerprint density at radius 3 is 2.62 bits per heavy atom. The van der Waals surface area contributed by atoms with Gasteiger partial charge in [-0.05, 0) is 77.7 Å². The molecular weight excluding hydrogens is 375 g/mol. The van der Waals surface area contributed by atoms with Crippen LogP contribution >= 0.6 is 22.6 Å². The van der Waals surface area contributed by atoms with E-state index in [1.54, 1.807) is 0 Å². The van der Waals surface area contributed by atoms with Crippen LogP contribution in [0.3, 0.4) is 0 Å². The molecule has 0 heterocycles. The Kier molecular flexibility index (Phi) is 6.48. The van der Waals surface area contributed by atoms with Gasteiger partial charge in [0, 0.05) is 9.61 Å². The molecule has 1 unspecified atom stereocenters. The molecule has 112 valence electrons. The average molecular weight is 396 g/mol. The van der Waals surface area contributed by atoms with Crippen LogP contribution in [-0.2, 0) is 6.42 Å². The second-order valence-corrected chi connectivity index (χ2v) is 6.39. The number of ether oxygens (including phenoxy) is 1. The first-order chi connectivity index (χ1) is 10.2. The number of aryl methyl sites for hydroxylation is 1. The zero-order valence-electron chi connectivity index (χ0n) is 12.2. The Morgan fingerprint density at radius 1 is 1.19 bits per heavy atom. The SMILES string of the molecule is Cc1cccc(OCCC(Cc2ccc(I)cc2)NN)c1. The van der Waals surface area contributed by atoms with Crippen molar-refractivity contribution in [1.82, 2.24) is 5.43 Å². The third kappa shape index (κ3) is 5.65. The molecule has 0 radical (unpaired) electrons. The number of halogens is 1. The summed E-state index contributed by atoms with van der Waals surface area (Å²) in [6, 6.07) is 16.8. The van der Waals surface area contributed by atoms with Gasteiger partial charge < -0.3 is 4.74 Å². The summed E-state index contributed by atoms with van der Waals surface area (Å²) in [7, 11) is 0. The average Bonchev–Trinajstić information content (AvgIpc) is 2.48. The van der Waals surface area contributed by atoms with Crippen LogP contribution in [-0.4, -0.2) is 12.6 Å². The maximum atomic E-state index is 5.78. The molecule has 0 aliphatic carbocycles. The highest BCUT2D eigenvalue weighted by atomic mass is 127. The first-order valence-electron chi connectivity index (χ1n) is 7.07. The minimum Gasteiger partial charge on any atom is -0.494 e. The van der Waals surface area contributed by atoms with E-state index in [0.29, 0.717) is 6.61 Å². The van der Waals surface area contributed by atoms with E-state index in [1.807, 2.05) is 18.2 Å². The summed E-state index contributed by atoms with van der Waals surface area (Å²) in [5, 5.41) is 0. The number of hydrazine groups is 1. The highest BCUT2D eigenvalue weighted by molar-refractivity contribution is 14.1. The van der Waals surface area contributed by atoms with Crippen molar-refractivity contribution < 1.29 is 4.74 Å². The van der Waals surface area contributed by atoms with Crippen LogP contribution in [0.15, 0.2) is 48.5 Å². The fraction of sp³-hybridized carbons (Fsp3) is 0.294. The molecule has 3 N–H and O–H groups in total. The van der Waals surface area contributed by atoms with Crippen molar-refractivity contribution >= 4 is 22.6 Å². The Hall–Kier alpha value is -1.11. The van der Waals surface area contributed by atoms with Gasteiger partial charge in [0.1, 0.15) is 5.75 Å². The van der Waals surface area contributed by atoms with E-state index < -0.39 is 0 Å². The van der Waals surface area contributed by atoms with Gasteiger partial charge >= 0.3 is 0 Å². The second-order valence-electron chi connectivity index (χ2n) is 5.15. The molecule has 0 saturated carbocycles. The van der Waals surface area contributed by atoms with Crippen molar-refractivity contribution in [2.24, 2.45) is 5.84 Å². The molecule has 3 nitrogen and oxygen atoms in total. The highest BCUT2D eigenvalue weighted by Gasteiger charge is 2.08. The van der Waals surface area contributed by atoms with Gasteiger partial charge in [0.2, 0.25) is 0 Å². The minimum absolute atomic E-state index is 0.217. The van der Waals surface area contributed by atoms with Crippen molar-refractivity contribution in [3.8, 4) is 5.75 Å².